The van der Waals surface area contributed by atoms with Crippen LogP contribution in [-0.4, -0.2) is 29.9 Å². The van der Waals surface area contributed by atoms with E-state index in [4.69, 9.17) is 4.74 Å². The van der Waals surface area contributed by atoms with E-state index in [-0.39, 0.29) is 24.1 Å². The zero-order chi connectivity index (χ0) is 18.5. The number of halogens is 1. The normalized spacial score (nSPS) is 13.4. The Labute approximate surface area is 151 Å². The number of amides is 2. The third-order valence-electron chi connectivity index (χ3n) is 4.30. The van der Waals surface area contributed by atoms with E-state index in [1.54, 1.807) is 24.0 Å². The summed E-state index contributed by atoms with van der Waals surface area (Å²) in [6.45, 7) is 3.09. The number of hydrogen-bond donors (Lipinski definition) is 1. The molecule has 26 heavy (non-hydrogen) atoms. The van der Waals surface area contributed by atoms with Crippen LogP contribution in [0.1, 0.15) is 24.5 Å². The van der Waals surface area contributed by atoms with Gasteiger partial charge in [-0.3, -0.25) is 9.59 Å². The van der Waals surface area contributed by atoms with Crippen molar-refractivity contribution >= 4 is 17.5 Å². The average molecular weight is 356 g/mol. The van der Waals surface area contributed by atoms with Gasteiger partial charge in [0.25, 0.3) is 0 Å². The standard InChI is InChI=1S/C20H21FN2O3/c1-14(24)23-9-10-26-19-7-5-15(11-16(19)13-23)6-8-20(25)22-18-4-2-3-17(21)12-18/h2-5,7,11-12H,6,8-10,13H2,1H3,(H,22,25). The van der Waals surface area contributed by atoms with E-state index < -0.39 is 0 Å². The van der Waals surface area contributed by atoms with E-state index in [9.17, 15) is 14.0 Å². The summed E-state index contributed by atoms with van der Waals surface area (Å²) in [6.07, 6.45) is 0.834. The molecule has 0 fully saturated rings. The van der Waals surface area contributed by atoms with Crippen LogP contribution in [0.3, 0.4) is 0 Å². The topological polar surface area (TPSA) is 58.6 Å². The summed E-state index contributed by atoms with van der Waals surface area (Å²) in [6, 6.07) is 11.6. The van der Waals surface area contributed by atoms with Crippen LogP contribution in [0.15, 0.2) is 42.5 Å². The number of nitrogens with one attached hydrogen (secondary N) is 1. The maximum absolute atomic E-state index is 13.2. The molecule has 1 N–H and O–H groups in total. The molecule has 0 aromatic heterocycles. The highest BCUT2D eigenvalue weighted by Gasteiger charge is 2.17. The number of nitrogens with zero attached hydrogens (tertiary/aromatic N) is 1. The molecule has 0 unspecified atom stereocenters. The molecule has 1 heterocycles. The van der Waals surface area contributed by atoms with Crippen LogP contribution >= 0.6 is 0 Å². The quantitative estimate of drug-likeness (QED) is 0.916. The smallest absolute Gasteiger partial charge is 0.224 e. The van der Waals surface area contributed by atoms with Crippen molar-refractivity contribution in [3.8, 4) is 5.75 Å². The number of rotatable bonds is 4. The summed E-state index contributed by atoms with van der Waals surface area (Å²) >= 11 is 0. The second-order valence-corrected chi connectivity index (χ2v) is 6.29. The van der Waals surface area contributed by atoms with Gasteiger partial charge in [0, 0.05) is 31.1 Å². The van der Waals surface area contributed by atoms with E-state index >= 15 is 0 Å². The minimum atomic E-state index is -0.386. The van der Waals surface area contributed by atoms with Gasteiger partial charge in [-0.05, 0) is 36.2 Å². The number of hydrogen-bond acceptors (Lipinski definition) is 3. The van der Waals surface area contributed by atoms with E-state index in [2.05, 4.69) is 5.32 Å². The fourth-order valence-corrected chi connectivity index (χ4v) is 2.92. The van der Waals surface area contributed by atoms with Gasteiger partial charge < -0.3 is 15.0 Å². The Kier molecular flexibility index (Phi) is 5.51. The van der Waals surface area contributed by atoms with Crippen LogP contribution in [0.25, 0.3) is 0 Å². The first-order valence-corrected chi connectivity index (χ1v) is 8.57. The van der Waals surface area contributed by atoms with Crippen molar-refractivity contribution in [2.45, 2.75) is 26.3 Å². The lowest BCUT2D eigenvalue weighted by atomic mass is 10.0. The molecule has 6 heteroatoms. The van der Waals surface area contributed by atoms with E-state index in [1.807, 2.05) is 18.2 Å². The van der Waals surface area contributed by atoms with Crippen molar-refractivity contribution in [3.05, 3.63) is 59.4 Å². The lowest BCUT2D eigenvalue weighted by Crippen LogP contribution is -2.30. The van der Waals surface area contributed by atoms with Gasteiger partial charge in [0.2, 0.25) is 11.8 Å². The maximum Gasteiger partial charge on any atom is 0.224 e. The average Bonchev–Trinajstić information content (AvgIpc) is 2.82. The van der Waals surface area contributed by atoms with Crippen molar-refractivity contribution in [2.75, 3.05) is 18.5 Å². The summed E-state index contributed by atoms with van der Waals surface area (Å²) in [7, 11) is 0. The molecule has 1 aliphatic rings. The van der Waals surface area contributed by atoms with Gasteiger partial charge in [-0.15, -0.1) is 0 Å². The van der Waals surface area contributed by atoms with Crippen LogP contribution in [0.5, 0.6) is 5.75 Å². The zero-order valence-electron chi connectivity index (χ0n) is 14.6. The van der Waals surface area contributed by atoms with Gasteiger partial charge in [-0.2, -0.15) is 0 Å². The highest BCUT2D eigenvalue weighted by atomic mass is 19.1. The number of carbonyl (C=O) groups is 2. The van der Waals surface area contributed by atoms with E-state index in [1.165, 1.54) is 12.1 Å². The molecule has 2 amide bonds. The first kappa shape index (κ1) is 17.9. The molecule has 0 saturated carbocycles. The van der Waals surface area contributed by atoms with Crippen molar-refractivity contribution in [1.29, 1.82) is 0 Å². The SMILES string of the molecule is CC(=O)N1CCOc2ccc(CCC(=O)Nc3cccc(F)c3)cc2C1. The van der Waals surface area contributed by atoms with Crippen LogP contribution < -0.4 is 10.1 Å². The van der Waals surface area contributed by atoms with Crippen LogP contribution in [0.2, 0.25) is 0 Å². The Morgan fingerprint density at radius 1 is 1.23 bits per heavy atom. The largest absolute Gasteiger partial charge is 0.491 e. The number of ether oxygens (including phenoxy) is 1. The van der Waals surface area contributed by atoms with Crippen molar-refractivity contribution in [3.63, 3.8) is 0 Å². The van der Waals surface area contributed by atoms with Crippen LogP contribution in [0.4, 0.5) is 10.1 Å². The van der Waals surface area contributed by atoms with Gasteiger partial charge in [-0.25, -0.2) is 4.39 Å². The molecule has 0 saturated heterocycles. The minimum Gasteiger partial charge on any atom is -0.491 e. The van der Waals surface area contributed by atoms with Gasteiger partial charge >= 0.3 is 0 Å². The Morgan fingerprint density at radius 3 is 2.85 bits per heavy atom. The van der Waals surface area contributed by atoms with E-state index in [0.29, 0.717) is 31.8 Å². The third kappa shape index (κ3) is 4.59. The zero-order valence-corrected chi connectivity index (χ0v) is 14.6. The molecule has 0 atom stereocenters. The number of benzene rings is 2. The summed E-state index contributed by atoms with van der Waals surface area (Å²) in [4.78, 5) is 25.5. The second kappa shape index (κ2) is 7.99. The van der Waals surface area contributed by atoms with Gasteiger partial charge in [0.05, 0.1) is 6.54 Å². The predicted molar refractivity (Wildman–Crippen MR) is 96.4 cm³/mol. The molecule has 2 aromatic rings. The van der Waals surface area contributed by atoms with Crippen molar-refractivity contribution in [1.82, 2.24) is 4.90 Å². The Hall–Kier alpha value is -2.89. The lowest BCUT2D eigenvalue weighted by Gasteiger charge is -2.17. The molecule has 0 bridgehead atoms. The van der Waals surface area contributed by atoms with Crippen LogP contribution in [0, 0.1) is 5.82 Å². The molecule has 0 spiro atoms. The second-order valence-electron chi connectivity index (χ2n) is 6.29. The van der Waals surface area contributed by atoms with Crippen LogP contribution in [-0.2, 0) is 22.6 Å². The monoisotopic (exact) mass is 356 g/mol. The van der Waals surface area contributed by atoms with Crippen molar-refractivity contribution in [2.24, 2.45) is 0 Å². The highest BCUT2D eigenvalue weighted by molar-refractivity contribution is 5.90. The van der Waals surface area contributed by atoms with Crippen molar-refractivity contribution < 1.29 is 18.7 Å². The fourth-order valence-electron chi connectivity index (χ4n) is 2.92. The van der Waals surface area contributed by atoms with Gasteiger partial charge in [-0.1, -0.05) is 18.2 Å². The summed E-state index contributed by atoms with van der Waals surface area (Å²) < 4.78 is 18.9. The molecule has 1 aliphatic heterocycles. The Bertz CT molecular complexity index is 822. The van der Waals surface area contributed by atoms with E-state index in [0.717, 1.165) is 16.9 Å². The van der Waals surface area contributed by atoms with Gasteiger partial charge in [0.15, 0.2) is 0 Å². The molecular formula is C20H21FN2O3. The first-order valence-electron chi connectivity index (χ1n) is 8.57. The number of anilines is 1. The Morgan fingerprint density at radius 2 is 2.08 bits per heavy atom. The number of fused-ring (bicyclic) bond motifs is 1. The molecule has 0 radical (unpaired) electrons. The highest BCUT2D eigenvalue weighted by Crippen LogP contribution is 2.25. The van der Waals surface area contributed by atoms with Gasteiger partial charge in [0.1, 0.15) is 18.2 Å². The lowest BCUT2D eigenvalue weighted by molar-refractivity contribution is -0.129. The number of aryl methyl sites for hydroxylation is 1. The minimum absolute atomic E-state index is 0.0151. The first-order chi connectivity index (χ1) is 12.5. The molecular weight excluding hydrogens is 335 g/mol. The molecule has 3 rings (SSSR count). The summed E-state index contributed by atoms with van der Waals surface area (Å²) in [5.74, 6) is 0.235. The molecule has 2 aromatic carbocycles. The maximum atomic E-state index is 13.2. The predicted octanol–water partition coefficient (Wildman–Crippen LogP) is 3.14. The molecule has 136 valence electrons. The number of carbonyl (C=O) groups excluding carboxylic acids is 2. The summed E-state index contributed by atoms with van der Waals surface area (Å²) in [5.41, 5.74) is 2.38. The molecule has 0 aliphatic carbocycles. The third-order valence-corrected chi connectivity index (χ3v) is 4.30. The summed E-state index contributed by atoms with van der Waals surface area (Å²) in [5, 5.41) is 2.69. The molecule has 5 nitrogen and oxygen atoms in total. The fraction of sp³-hybridized carbons (Fsp3) is 0.300. The Balaban J connectivity index is 1.62.